The maximum absolute atomic E-state index is 6.13. The molecule has 0 amide bonds. The number of pyridine rings is 1. The summed E-state index contributed by atoms with van der Waals surface area (Å²) >= 11 is 6.13. The molecular weight excluding hydrogens is 244 g/mol. The zero-order valence-corrected chi connectivity index (χ0v) is 11.3. The quantitative estimate of drug-likeness (QED) is 0.896. The van der Waals surface area contributed by atoms with Crippen molar-refractivity contribution >= 4 is 22.5 Å². The van der Waals surface area contributed by atoms with E-state index in [-0.39, 0.29) is 5.41 Å². The van der Waals surface area contributed by atoms with Crippen molar-refractivity contribution in [3.8, 4) is 0 Å². The molecule has 0 bridgehead atoms. The zero-order valence-electron chi connectivity index (χ0n) is 10.5. The predicted octanol–water partition coefficient (Wildman–Crippen LogP) is 3.58. The molecule has 2 N–H and O–H groups in total. The van der Waals surface area contributed by atoms with E-state index in [9.17, 15) is 0 Å². The molecule has 1 heterocycles. The van der Waals surface area contributed by atoms with Gasteiger partial charge in [-0.25, -0.2) is 0 Å². The van der Waals surface area contributed by atoms with Gasteiger partial charge in [0.1, 0.15) is 0 Å². The molecule has 18 heavy (non-hydrogen) atoms. The van der Waals surface area contributed by atoms with Gasteiger partial charge in [-0.15, -0.1) is 0 Å². The minimum Gasteiger partial charge on any atom is -0.330 e. The van der Waals surface area contributed by atoms with Gasteiger partial charge in [-0.2, -0.15) is 0 Å². The number of fused-ring (bicyclic) bond motifs is 1. The molecule has 2 aromatic rings. The number of hydrogen-bond acceptors (Lipinski definition) is 2. The molecule has 0 spiro atoms. The van der Waals surface area contributed by atoms with Crippen LogP contribution in [0.1, 0.15) is 30.5 Å². The molecule has 1 aliphatic rings. The lowest BCUT2D eigenvalue weighted by molar-refractivity contribution is 0.255. The van der Waals surface area contributed by atoms with Gasteiger partial charge in [-0.3, -0.25) is 4.98 Å². The Morgan fingerprint density at radius 1 is 1.33 bits per heavy atom. The van der Waals surface area contributed by atoms with Crippen LogP contribution in [0.25, 0.3) is 10.9 Å². The van der Waals surface area contributed by atoms with Gasteiger partial charge in [-0.1, -0.05) is 18.0 Å². The molecule has 1 saturated carbocycles. The topological polar surface area (TPSA) is 38.9 Å². The van der Waals surface area contributed by atoms with Crippen LogP contribution in [0.4, 0.5) is 0 Å². The van der Waals surface area contributed by atoms with E-state index >= 15 is 0 Å². The molecule has 94 valence electrons. The average Bonchev–Trinajstić information content (AvgIpc) is 2.29. The van der Waals surface area contributed by atoms with Gasteiger partial charge in [0.05, 0.1) is 5.52 Å². The van der Waals surface area contributed by atoms with Crippen LogP contribution in [0.2, 0.25) is 5.02 Å². The Balaban J connectivity index is 2.29. The number of benzene rings is 1. The molecule has 1 fully saturated rings. The van der Waals surface area contributed by atoms with E-state index < -0.39 is 0 Å². The van der Waals surface area contributed by atoms with Crippen molar-refractivity contribution in [3.05, 3.63) is 40.5 Å². The summed E-state index contributed by atoms with van der Waals surface area (Å²) in [6, 6.07) is 8.10. The molecule has 3 rings (SSSR count). The van der Waals surface area contributed by atoms with Crippen molar-refractivity contribution in [1.82, 2.24) is 4.98 Å². The molecule has 0 unspecified atom stereocenters. The first-order valence-corrected chi connectivity index (χ1v) is 6.80. The van der Waals surface area contributed by atoms with Crippen LogP contribution in [0.3, 0.4) is 0 Å². The molecule has 0 saturated heterocycles. The van der Waals surface area contributed by atoms with E-state index in [2.05, 4.69) is 11.1 Å². The summed E-state index contributed by atoms with van der Waals surface area (Å²) in [5.74, 6) is 0. The highest BCUT2D eigenvalue weighted by Crippen LogP contribution is 2.45. The number of nitrogens with zero attached hydrogens (tertiary/aromatic N) is 1. The molecule has 0 atom stereocenters. The Morgan fingerprint density at radius 2 is 2.11 bits per heavy atom. The van der Waals surface area contributed by atoms with Gasteiger partial charge in [-0.05, 0) is 49.6 Å². The lowest BCUT2D eigenvalue weighted by Crippen LogP contribution is -2.41. The second kappa shape index (κ2) is 4.22. The van der Waals surface area contributed by atoms with Gasteiger partial charge in [0, 0.05) is 28.1 Å². The first kappa shape index (κ1) is 11.9. The Labute approximate surface area is 112 Å². The molecule has 1 aliphatic carbocycles. The second-order valence-electron chi connectivity index (χ2n) is 5.31. The summed E-state index contributed by atoms with van der Waals surface area (Å²) < 4.78 is 0. The summed E-state index contributed by atoms with van der Waals surface area (Å²) in [5, 5.41) is 1.93. The Morgan fingerprint density at radius 3 is 2.72 bits per heavy atom. The average molecular weight is 261 g/mol. The zero-order chi connectivity index (χ0) is 12.8. The molecule has 1 aromatic heterocycles. The number of hydrogen-bond donors (Lipinski definition) is 1. The Kier molecular flexibility index (Phi) is 2.80. The molecule has 1 aromatic carbocycles. The van der Waals surface area contributed by atoms with Gasteiger partial charge in [0.25, 0.3) is 0 Å². The predicted molar refractivity (Wildman–Crippen MR) is 76.1 cm³/mol. The maximum atomic E-state index is 6.13. The summed E-state index contributed by atoms with van der Waals surface area (Å²) in [7, 11) is 0. The number of aryl methyl sites for hydroxylation is 1. The number of halogens is 1. The third-order valence-electron chi connectivity index (χ3n) is 4.17. The SMILES string of the molecule is Cc1cc(C2(CN)CCC2)c2cc(Cl)ccc2n1. The van der Waals surface area contributed by atoms with E-state index in [0.29, 0.717) is 6.54 Å². The molecule has 0 aliphatic heterocycles. The Bertz CT molecular complexity index is 597. The van der Waals surface area contributed by atoms with E-state index in [1.54, 1.807) is 0 Å². The van der Waals surface area contributed by atoms with Crippen molar-refractivity contribution in [2.75, 3.05) is 6.54 Å². The first-order valence-electron chi connectivity index (χ1n) is 6.42. The lowest BCUT2D eigenvalue weighted by atomic mass is 9.63. The third kappa shape index (κ3) is 1.72. The number of rotatable bonds is 2. The highest BCUT2D eigenvalue weighted by Gasteiger charge is 2.38. The van der Waals surface area contributed by atoms with Crippen LogP contribution in [0.5, 0.6) is 0 Å². The van der Waals surface area contributed by atoms with E-state index in [4.69, 9.17) is 17.3 Å². The fourth-order valence-corrected chi connectivity index (χ4v) is 3.13. The van der Waals surface area contributed by atoms with Gasteiger partial charge in [0.15, 0.2) is 0 Å². The highest BCUT2D eigenvalue weighted by atomic mass is 35.5. The molecule has 2 nitrogen and oxygen atoms in total. The van der Waals surface area contributed by atoms with Crippen molar-refractivity contribution in [1.29, 1.82) is 0 Å². The van der Waals surface area contributed by atoms with Gasteiger partial charge >= 0.3 is 0 Å². The Hall–Kier alpha value is -1.12. The summed E-state index contributed by atoms with van der Waals surface area (Å²) in [4.78, 5) is 4.58. The largest absolute Gasteiger partial charge is 0.330 e. The first-order chi connectivity index (χ1) is 8.64. The maximum Gasteiger partial charge on any atom is 0.0709 e. The van der Waals surface area contributed by atoms with Gasteiger partial charge < -0.3 is 5.73 Å². The third-order valence-corrected chi connectivity index (χ3v) is 4.41. The second-order valence-corrected chi connectivity index (χ2v) is 5.75. The van der Waals surface area contributed by atoms with Gasteiger partial charge in [0.2, 0.25) is 0 Å². The lowest BCUT2D eigenvalue weighted by Gasteiger charge is -2.42. The molecular formula is C15H17ClN2. The van der Waals surface area contributed by atoms with Crippen molar-refractivity contribution in [2.45, 2.75) is 31.6 Å². The smallest absolute Gasteiger partial charge is 0.0709 e. The normalized spacial score (nSPS) is 17.7. The molecule has 0 radical (unpaired) electrons. The van der Waals surface area contributed by atoms with Crippen molar-refractivity contribution in [2.24, 2.45) is 5.73 Å². The number of nitrogens with two attached hydrogens (primary N) is 1. The van der Waals surface area contributed by atoms with Crippen LogP contribution < -0.4 is 5.73 Å². The van der Waals surface area contributed by atoms with Crippen LogP contribution in [-0.2, 0) is 5.41 Å². The van der Waals surface area contributed by atoms with Crippen molar-refractivity contribution in [3.63, 3.8) is 0 Å². The minimum absolute atomic E-state index is 0.149. The monoisotopic (exact) mass is 260 g/mol. The van der Waals surface area contributed by atoms with Crippen molar-refractivity contribution < 1.29 is 0 Å². The van der Waals surface area contributed by atoms with Crippen LogP contribution >= 0.6 is 11.6 Å². The summed E-state index contributed by atoms with van der Waals surface area (Å²) in [6.07, 6.45) is 3.61. The highest BCUT2D eigenvalue weighted by molar-refractivity contribution is 6.31. The summed E-state index contributed by atoms with van der Waals surface area (Å²) in [5.41, 5.74) is 9.59. The van der Waals surface area contributed by atoms with Crippen LogP contribution in [0.15, 0.2) is 24.3 Å². The van der Waals surface area contributed by atoms with E-state index in [0.717, 1.165) is 16.2 Å². The van der Waals surface area contributed by atoms with E-state index in [1.807, 2.05) is 25.1 Å². The minimum atomic E-state index is 0.149. The van der Waals surface area contributed by atoms with Crippen LogP contribution in [-0.4, -0.2) is 11.5 Å². The molecule has 3 heteroatoms. The van der Waals surface area contributed by atoms with E-state index in [1.165, 1.54) is 30.2 Å². The fourth-order valence-electron chi connectivity index (χ4n) is 2.96. The standard InChI is InChI=1S/C15H17ClN2/c1-10-7-13(15(9-17)5-2-6-15)12-8-11(16)3-4-14(12)18-10/h3-4,7-8H,2,5-6,9,17H2,1H3. The number of aromatic nitrogens is 1. The summed E-state index contributed by atoms with van der Waals surface area (Å²) in [6.45, 7) is 2.75. The van der Waals surface area contributed by atoms with Crippen LogP contribution in [0, 0.1) is 6.92 Å². The fraction of sp³-hybridized carbons (Fsp3) is 0.400.